The maximum absolute atomic E-state index is 6.00. The van der Waals surface area contributed by atoms with E-state index in [-0.39, 0.29) is 0 Å². The summed E-state index contributed by atoms with van der Waals surface area (Å²) in [5, 5.41) is 4.92. The number of hydrogen-bond acceptors (Lipinski definition) is 1. The number of aryl methyl sites for hydroxylation is 1. The van der Waals surface area contributed by atoms with Crippen LogP contribution in [0.5, 0.6) is 0 Å². The molecule has 0 aliphatic rings. The van der Waals surface area contributed by atoms with Crippen molar-refractivity contribution in [2.75, 3.05) is 0 Å². The van der Waals surface area contributed by atoms with E-state index in [0.29, 0.717) is 5.02 Å². The van der Waals surface area contributed by atoms with E-state index in [1.165, 1.54) is 0 Å². The lowest BCUT2D eigenvalue weighted by Crippen LogP contribution is -1.87. The molecular weight excluding hydrogens is 184 g/mol. The van der Waals surface area contributed by atoms with E-state index in [1.807, 2.05) is 31.3 Å². The van der Waals surface area contributed by atoms with E-state index < -0.39 is 0 Å². The van der Waals surface area contributed by atoms with Gasteiger partial charge < -0.3 is 0 Å². The summed E-state index contributed by atoms with van der Waals surface area (Å²) in [6.07, 6.45) is 1.78. The quantitative estimate of drug-likeness (QED) is 0.678. The van der Waals surface area contributed by atoms with Crippen LogP contribution in [0.1, 0.15) is 0 Å². The van der Waals surface area contributed by atoms with Crippen LogP contribution in [0.4, 0.5) is 0 Å². The third-order valence-electron chi connectivity index (χ3n) is 1.77. The predicted octanol–water partition coefficient (Wildman–Crippen LogP) is 2.54. The van der Waals surface area contributed by atoms with Crippen LogP contribution in [0.2, 0.25) is 5.02 Å². The molecule has 0 atom stereocenters. The van der Waals surface area contributed by atoms with Crippen molar-refractivity contribution in [1.29, 1.82) is 0 Å². The molecule has 0 aliphatic carbocycles. The smallest absolute Gasteiger partial charge is 0.102 e. The van der Waals surface area contributed by atoms with Gasteiger partial charge in [-0.3, -0.25) is 4.68 Å². The molecule has 1 aromatic heterocycles. The Morgan fingerprint density at radius 3 is 2.77 bits per heavy atom. The predicted molar refractivity (Wildman–Crippen MR) is 52.5 cm³/mol. The zero-order chi connectivity index (χ0) is 9.26. The van der Waals surface area contributed by atoms with Gasteiger partial charge in [0.05, 0.1) is 5.02 Å². The Balaban J connectivity index is 2.52. The molecule has 2 nitrogen and oxygen atoms in total. The SMILES string of the molecule is Cn1c[c]c(-c2ccccc2Cl)n1. The minimum atomic E-state index is 0.706. The first kappa shape index (κ1) is 8.32. The molecular formula is C10H8ClN2. The maximum Gasteiger partial charge on any atom is 0.102 e. The Bertz CT molecular complexity index is 420. The highest BCUT2D eigenvalue weighted by Crippen LogP contribution is 2.24. The second kappa shape index (κ2) is 3.23. The normalized spacial score (nSPS) is 10.3. The molecule has 0 amide bonds. The average Bonchev–Trinajstić information content (AvgIpc) is 2.53. The number of hydrogen-bond donors (Lipinski definition) is 0. The Morgan fingerprint density at radius 1 is 1.38 bits per heavy atom. The van der Waals surface area contributed by atoms with Gasteiger partial charge in [0.2, 0.25) is 0 Å². The summed E-state index contributed by atoms with van der Waals surface area (Å²) in [5.74, 6) is 0. The highest BCUT2D eigenvalue weighted by Gasteiger charge is 2.04. The lowest BCUT2D eigenvalue weighted by molar-refractivity contribution is 0.771. The second-order valence-electron chi connectivity index (χ2n) is 2.78. The van der Waals surface area contributed by atoms with E-state index in [9.17, 15) is 0 Å². The summed E-state index contributed by atoms with van der Waals surface area (Å²) in [4.78, 5) is 0. The molecule has 0 bridgehead atoms. The molecule has 0 N–H and O–H groups in total. The van der Waals surface area contributed by atoms with Crippen LogP contribution >= 0.6 is 11.6 Å². The average molecular weight is 192 g/mol. The molecule has 0 aliphatic heterocycles. The van der Waals surface area contributed by atoms with Gasteiger partial charge in [-0.25, -0.2) is 0 Å². The lowest BCUT2D eigenvalue weighted by atomic mass is 10.2. The van der Waals surface area contributed by atoms with Crippen molar-refractivity contribution in [1.82, 2.24) is 9.78 Å². The Labute approximate surface area is 81.8 Å². The standard InChI is InChI=1S/C10H8ClN2/c1-13-7-6-10(12-13)8-4-2-3-5-9(8)11/h2-5,7H,1H3. The lowest BCUT2D eigenvalue weighted by Gasteiger charge is -1.98. The molecule has 2 rings (SSSR count). The van der Waals surface area contributed by atoms with E-state index in [4.69, 9.17) is 11.6 Å². The third kappa shape index (κ3) is 1.58. The third-order valence-corrected chi connectivity index (χ3v) is 2.10. The van der Waals surface area contributed by atoms with Crippen LogP contribution in [0.15, 0.2) is 30.5 Å². The van der Waals surface area contributed by atoms with E-state index in [0.717, 1.165) is 11.3 Å². The molecule has 0 unspecified atom stereocenters. The minimum Gasteiger partial charge on any atom is -0.275 e. The topological polar surface area (TPSA) is 17.8 Å². The number of halogens is 1. The number of aromatic nitrogens is 2. The largest absolute Gasteiger partial charge is 0.275 e. The summed E-state index contributed by atoms with van der Waals surface area (Å²) in [5.41, 5.74) is 1.71. The molecule has 0 spiro atoms. The molecule has 1 aromatic carbocycles. The fourth-order valence-electron chi connectivity index (χ4n) is 1.15. The molecule has 2 aromatic rings. The van der Waals surface area contributed by atoms with E-state index in [2.05, 4.69) is 11.2 Å². The van der Waals surface area contributed by atoms with Crippen LogP contribution < -0.4 is 0 Å². The van der Waals surface area contributed by atoms with Gasteiger partial charge in [-0.15, -0.1) is 0 Å². The fourth-order valence-corrected chi connectivity index (χ4v) is 1.38. The van der Waals surface area contributed by atoms with Crippen LogP contribution in [0.25, 0.3) is 11.3 Å². The van der Waals surface area contributed by atoms with Gasteiger partial charge in [-0.05, 0) is 6.07 Å². The van der Waals surface area contributed by atoms with Gasteiger partial charge in [0.1, 0.15) is 5.69 Å². The zero-order valence-electron chi connectivity index (χ0n) is 7.16. The molecule has 1 radical (unpaired) electrons. The van der Waals surface area contributed by atoms with Gasteiger partial charge in [-0.2, -0.15) is 5.10 Å². The van der Waals surface area contributed by atoms with Crippen molar-refractivity contribution >= 4 is 11.6 Å². The first-order valence-corrected chi connectivity index (χ1v) is 4.31. The van der Waals surface area contributed by atoms with Crippen molar-refractivity contribution in [3.05, 3.63) is 41.6 Å². The molecule has 3 heteroatoms. The number of nitrogens with zero attached hydrogens (tertiary/aromatic N) is 2. The molecule has 0 saturated heterocycles. The van der Waals surface area contributed by atoms with Crippen LogP contribution in [0, 0.1) is 6.07 Å². The number of rotatable bonds is 1. The van der Waals surface area contributed by atoms with Crippen LogP contribution in [-0.4, -0.2) is 9.78 Å². The van der Waals surface area contributed by atoms with Gasteiger partial charge in [0.15, 0.2) is 0 Å². The highest BCUT2D eigenvalue weighted by atomic mass is 35.5. The van der Waals surface area contributed by atoms with Crippen molar-refractivity contribution in [3.63, 3.8) is 0 Å². The zero-order valence-corrected chi connectivity index (χ0v) is 7.92. The van der Waals surface area contributed by atoms with Gasteiger partial charge in [0.25, 0.3) is 0 Å². The summed E-state index contributed by atoms with van der Waals surface area (Å²) >= 11 is 6.00. The molecule has 0 fully saturated rings. The van der Waals surface area contributed by atoms with E-state index in [1.54, 1.807) is 10.9 Å². The molecule has 0 saturated carbocycles. The van der Waals surface area contributed by atoms with Crippen LogP contribution in [0.3, 0.4) is 0 Å². The van der Waals surface area contributed by atoms with Gasteiger partial charge in [0, 0.05) is 24.9 Å². The van der Waals surface area contributed by atoms with Crippen molar-refractivity contribution in [2.24, 2.45) is 7.05 Å². The Kier molecular flexibility index (Phi) is 2.07. The fraction of sp³-hybridized carbons (Fsp3) is 0.100. The molecule has 65 valence electrons. The Morgan fingerprint density at radius 2 is 2.15 bits per heavy atom. The summed E-state index contributed by atoms with van der Waals surface area (Å²) in [6.45, 7) is 0. The summed E-state index contributed by atoms with van der Waals surface area (Å²) < 4.78 is 1.71. The first-order valence-electron chi connectivity index (χ1n) is 3.93. The second-order valence-corrected chi connectivity index (χ2v) is 3.18. The van der Waals surface area contributed by atoms with E-state index >= 15 is 0 Å². The highest BCUT2D eigenvalue weighted by molar-refractivity contribution is 6.33. The van der Waals surface area contributed by atoms with Gasteiger partial charge in [-0.1, -0.05) is 29.8 Å². The maximum atomic E-state index is 6.00. The molecule has 1 heterocycles. The van der Waals surface area contributed by atoms with Crippen molar-refractivity contribution in [3.8, 4) is 11.3 Å². The minimum absolute atomic E-state index is 0.706. The monoisotopic (exact) mass is 191 g/mol. The van der Waals surface area contributed by atoms with Crippen molar-refractivity contribution in [2.45, 2.75) is 0 Å². The Hall–Kier alpha value is -1.28. The number of benzene rings is 1. The van der Waals surface area contributed by atoms with Gasteiger partial charge >= 0.3 is 0 Å². The summed E-state index contributed by atoms with van der Waals surface area (Å²) in [6, 6.07) is 10.6. The van der Waals surface area contributed by atoms with Crippen LogP contribution in [-0.2, 0) is 7.05 Å². The first-order chi connectivity index (χ1) is 6.27. The molecule has 13 heavy (non-hydrogen) atoms. The van der Waals surface area contributed by atoms with Crippen molar-refractivity contribution < 1.29 is 0 Å². The summed E-state index contributed by atoms with van der Waals surface area (Å²) in [7, 11) is 1.86.